The lowest BCUT2D eigenvalue weighted by Gasteiger charge is -2.17. The van der Waals surface area contributed by atoms with Crippen LogP contribution in [-0.2, 0) is 4.79 Å². The molecule has 8 nitrogen and oxygen atoms in total. The largest absolute Gasteiger partial charge is 0.480 e. The Hall–Kier alpha value is -2.38. The molecule has 0 aliphatic carbocycles. The molecule has 0 bridgehead atoms. The number of nitrogens with zero attached hydrogens (tertiary/aromatic N) is 1. The summed E-state index contributed by atoms with van der Waals surface area (Å²) in [6.07, 6.45) is 1.07. The standard InChI is InChI=1S/C10H13N3O5/c1-5(2)8(10(15)16)12-9(14)7-3-6(4-11-7)13(17)18/h3-5,8,11H,1-2H3,(H,12,14)(H,15,16)/t8-/m1/s1. The number of aromatic nitrogens is 1. The quantitative estimate of drug-likeness (QED) is 0.529. The maximum absolute atomic E-state index is 11.7. The van der Waals surface area contributed by atoms with E-state index in [0.29, 0.717) is 0 Å². The van der Waals surface area contributed by atoms with Gasteiger partial charge in [-0.3, -0.25) is 14.9 Å². The second kappa shape index (κ2) is 5.30. The number of carboxylic acid groups (broad SMARTS) is 1. The van der Waals surface area contributed by atoms with Crippen LogP contribution in [0.3, 0.4) is 0 Å². The van der Waals surface area contributed by atoms with Gasteiger partial charge in [-0.1, -0.05) is 13.8 Å². The first-order chi connectivity index (χ1) is 8.32. The number of nitro groups is 1. The summed E-state index contributed by atoms with van der Waals surface area (Å²) in [5.41, 5.74) is -0.301. The summed E-state index contributed by atoms with van der Waals surface area (Å²) in [6, 6.07) is 0.00837. The van der Waals surface area contributed by atoms with Gasteiger partial charge >= 0.3 is 5.97 Å². The van der Waals surface area contributed by atoms with Crippen molar-refractivity contribution in [1.82, 2.24) is 10.3 Å². The molecule has 1 atom stereocenters. The molecule has 1 aromatic heterocycles. The van der Waals surface area contributed by atoms with Gasteiger partial charge in [-0.15, -0.1) is 0 Å². The van der Waals surface area contributed by atoms with Crippen molar-refractivity contribution >= 4 is 17.6 Å². The average molecular weight is 255 g/mol. The van der Waals surface area contributed by atoms with Crippen LogP contribution in [0.1, 0.15) is 24.3 Å². The Bertz CT molecular complexity index is 480. The summed E-state index contributed by atoms with van der Waals surface area (Å²) in [5, 5.41) is 21.6. The summed E-state index contributed by atoms with van der Waals surface area (Å²) in [6.45, 7) is 3.30. The zero-order valence-electron chi connectivity index (χ0n) is 9.84. The van der Waals surface area contributed by atoms with Crippen molar-refractivity contribution in [1.29, 1.82) is 0 Å². The van der Waals surface area contributed by atoms with Crippen molar-refractivity contribution < 1.29 is 19.6 Å². The van der Waals surface area contributed by atoms with Gasteiger partial charge in [0.2, 0.25) is 0 Å². The van der Waals surface area contributed by atoms with E-state index in [-0.39, 0.29) is 17.3 Å². The first kappa shape index (κ1) is 13.7. The van der Waals surface area contributed by atoms with Crippen LogP contribution in [0, 0.1) is 16.0 Å². The zero-order chi connectivity index (χ0) is 13.9. The van der Waals surface area contributed by atoms with Crippen LogP contribution in [0.4, 0.5) is 5.69 Å². The molecule has 1 aromatic rings. The highest BCUT2D eigenvalue weighted by atomic mass is 16.6. The number of hydrogen-bond acceptors (Lipinski definition) is 4. The molecule has 18 heavy (non-hydrogen) atoms. The lowest BCUT2D eigenvalue weighted by Crippen LogP contribution is -2.44. The van der Waals surface area contributed by atoms with Gasteiger partial charge in [0.15, 0.2) is 0 Å². The van der Waals surface area contributed by atoms with Crippen molar-refractivity contribution in [3.63, 3.8) is 0 Å². The third-order valence-corrected chi connectivity index (χ3v) is 2.34. The van der Waals surface area contributed by atoms with Gasteiger partial charge < -0.3 is 15.4 Å². The molecule has 1 heterocycles. The summed E-state index contributed by atoms with van der Waals surface area (Å²) in [4.78, 5) is 34.8. The second-order valence-corrected chi connectivity index (χ2v) is 4.06. The van der Waals surface area contributed by atoms with E-state index < -0.39 is 22.8 Å². The van der Waals surface area contributed by atoms with E-state index in [1.165, 1.54) is 0 Å². The maximum Gasteiger partial charge on any atom is 0.326 e. The van der Waals surface area contributed by atoms with Crippen LogP contribution in [0.2, 0.25) is 0 Å². The van der Waals surface area contributed by atoms with Crippen LogP contribution in [0.15, 0.2) is 12.3 Å². The molecule has 0 saturated heterocycles. The Kier molecular flexibility index (Phi) is 4.03. The van der Waals surface area contributed by atoms with Crippen LogP contribution in [0.25, 0.3) is 0 Å². The molecule has 0 aliphatic heterocycles. The molecule has 0 aromatic carbocycles. The minimum atomic E-state index is -1.15. The van der Waals surface area contributed by atoms with Crippen molar-refractivity contribution in [3.05, 3.63) is 28.1 Å². The molecule has 8 heteroatoms. The smallest absolute Gasteiger partial charge is 0.326 e. The minimum Gasteiger partial charge on any atom is -0.480 e. The van der Waals surface area contributed by atoms with E-state index >= 15 is 0 Å². The number of rotatable bonds is 5. The number of carbonyl (C=O) groups excluding carboxylic acids is 1. The van der Waals surface area contributed by atoms with Gasteiger partial charge in [0.1, 0.15) is 11.7 Å². The van der Waals surface area contributed by atoms with Gasteiger partial charge in [-0.2, -0.15) is 0 Å². The Labute approximate surface area is 102 Å². The molecule has 0 aliphatic rings. The first-order valence-electron chi connectivity index (χ1n) is 5.19. The second-order valence-electron chi connectivity index (χ2n) is 4.06. The molecule has 0 spiro atoms. The number of H-pyrrole nitrogens is 1. The number of aliphatic carboxylic acids is 1. The molecule has 1 amide bonds. The highest BCUT2D eigenvalue weighted by molar-refractivity contribution is 5.95. The minimum absolute atomic E-state index is 0.0476. The van der Waals surface area contributed by atoms with E-state index in [9.17, 15) is 19.7 Å². The predicted octanol–water partition coefficient (Wildman–Crippen LogP) is 0.762. The molecule has 0 saturated carbocycles. The van der Waals surface area contributed by atoms with Crippen molar-refractivity contribution in [2.45, 2.75) is 19.9 Å². The monoisotopic (exact) mass is 255 g/mol. The van der Waals surface area contributed by atoms with E-state index in [1.54, 1.807) is 13.8 Å². The Morgan fingerprint density at radius 2 is 2.11 bits per heavy atom. The Balaban J connectivity index is 2.80. The molecule has 3 N–H and O–H groups in total. The van der Waals surface area contributed by atoms with Gasteiger partial charge in [0.05, 0.1) is 11.1 Å². The van der Waals surface area contributed by atoms with Gasteiger partial charge in [0, 0.05) is 6.07 Å². The SMILES string of the molecule is CC(C)[C@@H](NC(=O)c1cc([N+](=O)[O-])c[nH]1)C(=O)O. The molecule has 0 radical (unpaired) electrons. The van der Waals surface area contributed by atoms with Gasteiger partial charge in [-0.05, 0) is 5.92 Å². The molecule has 98 valence electrons. The highest BCUT2D eigenvalue weighted by Gasteiger charge is 2.25. The third-order valence-electron chi connectivity index (χ3n) is 2.34. The van der Waals surface area contributed by atoms with Crippen LogP contribution in [-0.4, -0.2) is 32.9 Å². The highest BCUT2D eigenvalue weighted by Crippen LogP contribution is 2.12. The number of amides is 1. The van der Waals surface area contributed by atoms with Gasteiger partial charge in [-0.25, -0.2) is 4.79 Å². The van der Waals surface area contributed by atoms with Crippen LogP contribution in [0.5, 0.6) is 0 Å². The molecule has 0 unspecified atom stereocenters. The average Bonchev–Trinajstić information content (AvgIpc) is 2.73. The normalized spacial score (nSPS) is 12.2. The number of aromatic amines is 1. The maximum atomic E-state index is 11.7. The lowest BCUT2D eigenvalue weighted by atomic mass is 10.0. The Morgan fingerprint density at radius 1 is 1.50 bits per heavy atom. The fourth-order valence-corrected chi connectivity index (χ4v) is 1.35. The zero-order valence-corrected chi connectivity index (χ0v) is 9.84. The predicted molar refractivity (Wildman–Crippen MR) is 61.2 cm³/mol. The number of carbonyl (C=O) groups is 2. The number of nitrogens with one attached hydrogen (secondary N) is 2. The van der Waals surface area contributed by atoms with Crippen molar-refractivity contribution in [3.8, 4) is 0 Å². The lowest BCUT2D eigenvalue weighted by molar-refractivity contribution is -0.384. The molecule has 0 fully saturated rings. The molecular weight excluding hydrogens is 242 g/mol. The fraction of sp³-hybridized carbons (Fsp3) is 0.400. The summed E-state index contributed by atoms with van der Waals surface area (Å²) >= 11 is 0. The summed E-state index contributed by atoms with van der Waals surface area (Å²) in [7, 11) is 0. The van der Waals surface area contributed by atoms with E-state index in [2.05, 4.69) is 10.3 Å². The Morgan fingerprint density at radius 3 is 2.50 bits per heavy atom. The first-order valence-corrected chi connectivity index (χ1v) is 5.19. The summed E-state index contributed by atoms with van der Waals surface area (Å²) < 4.78 is 0. The molecule has 1 rings (SSSR count). The van der Waals surface area contributed by atoms with Crippen molar-refractivity contribution in [2.75, 3.05) is 0 Å². The number of carboxylic acids is 1. The van der Waals surface area contributed by atoms with Crippen LogP contribution < -0.4 is 5.32 Å². The molecular formula is C10H13N3O5. The van der Waals surface area contributed by atoms with Crippen molar-refractivity contribution in [2.24, 2.45) is 5.92 Å². The van der Waals surface area contributed by atoms with E-state index in [4.69, 9.17) is 5.11 Å². The van der Waals surface area contributed by atoms with Crippen LogP contribution >= 0.6 is 0 Å². The fourth-order valence-electron chi connectivity index (χ4n) is 1.35. The van der Waals surface area contributed by atoms with E-state index in [0.717, 1.165) is 12.3 Å². The third kappa shape index (κ3) is 3.06. The number of hydrogen-bond donors (Lipinski definition) is 3. The van der Waals surface area contributed by atoms with E-state index in [1.807, 2.05) is 0 Å². The topological polar surface area (TPSA) is 125 Å². The summed E-state index contributed by atoms with van der Waals surface area (Å²) in [5.74, 6) is -2.14. The van der Waals surface area contributed by atoms with Gasteiger partial charge in [0.25, 0.3) is 11.6 Å².